The first-order valence-corrected chi connectivity index (χ1v) is 14.6. The monoisotopic (exact) mass is 678 g/mol. The molecule has 0 aromatic heterocycles. The van der Waals surface area contributed by atoms with E-state index in [0.717, 1.165) is 36.8 Å². The van der Waals surface area contributed by atoms with E-state index in [1.54, 1.807) is 24.3 Å². The smallest absolute Gasteiger partial charge is 0.870 e. The zero-order valence-corrected chi connectivity index (χ0v) is 29.0. The molecule has 7 nitrogen and oxygen atoms in total. The summed E-state index contributed by atoms with van der Waals surface area (Å²) >= 11 is 24.4. The average molecular weight is 680 g/mol. The molecule has 2 heterocycles. The summed E-state index contributed by atoms with van der Waals surface area (Å²) < 4.78 is 0. The molecule has 2 amide bonds. The molecule has 6 rings (SSSR count). The van der Waals surface area contributed by atoms with Crippen LogP contribution < -0.4 is 40.2 Å². The van der Waals surface area contributed by atoms with Gasteiger partial charge < -0.3 is 26.3 Å². The van der Waals surface area contributed by atoms with Crippen molar-refractivity contribution in [3.8, 4) is 0 Å². The Morgan fingerprint density at radius 2 is 1.00 bits per heavy atom. The Bertz CT molecular complexity index is 1380. The first-order chi connectivity index (χ1) is 18.7. The summed E-state index contributed by atoms with van der Waals surface area (Å²) in [6.45, 7) is 7.38. The summed E-state index contributed by atoms with van der Waals surface area (Å²) in [4.78, 5) is 24.6. The van der Waals surface area contributed by atoms with Gasteiger partial charge in [0.25, 0.3) is 11.8 Å². The van der Waals surface area contributed by atoms with Crippen LogP contribution in [0.4, 0.5) is 0 Å². The van der Waals surface area contributed by atoms with Crippen LogP contribution in [0.3, 0.4) is 0 Å². The van der Waals surface area contributed by atoms with E-state index in [1.165, 1.54) is 0 Å². The van der Waals surface area contributed by atoms with Crippen LogP contribution >= 0.6 is 46.4 Å². The second-order valence-corrected chi connectivity index (χ2v) is 13.2. The molecule has 4 aliphatic rings. The van der Waals surface area contributed by atoms with Gasteiger partial charge in [0.05, 0.1) is 32.3 Å². The number of rotatable bonds is 4. The minimum absolute atomic E-state index is 0. The maximum atomic E-state index is 12.3. The minimum atomic E-state index is -0.665. The van der Waals surface area contributed by atoms with Crippen LogP contribution in [-0.2, 0) is 9.59 Å². The van der Waals surface area contributed by atoms with Crippen molar-refractivity contribution in [1.82, 2.24) is 10.6 Å². The number of carbonyl (C=O) groups excluding carboxylic acids is 2. The van der Waals surface area contributed by atoms with Gasteiger partial charge in [-0.2, -0.15) is 0 Å². The van der Waals surface area contributed by atoms with E-state index in [-0.39, 0.29) is 76.9 Å². The van der Waals surface area contributed by atoms with Crippen molar-refractivity contribution in [1.29, 1.82) is 0 Å². The first kappa shape index (κ1) is 37.8. The number of hydrogen-bond acceptors (Lipinski definition) is 5. The molecule has 2 unspecified atom stereocenters. The van der Waals surface area contributed by atoms with Crippen molar-refractivity contribution in [2.45, 2.75) is 71.9 Å². The van der Waals surface area contributed by atoms with E-state index < -0.39 is 11.1 Å². The third-order valence-corrected chi connectivity index (χ3v) is 9.48. The maximum Gasteiger partial charge on any atom is 1.00 e. The van der Waals surface area contributed by atoms with Crippen LogP contribution in [0.25, 0.3) is 11.1 Å². The van der Waals surface area contributed by atoms with Crippen molar-refractivity contribution in [2.75, 3.05) is 0 Å². The summed E-state index contributed by atoms with van der Waals surface area (Å²) in [5, 5.41) is 28.7. The molecule has 0 spiro atoms. The van der Waals surface area contributed by atoms with Gasteiger partial charge in [-0.15, -0.1) is 0 Å². The Hall–Kier alpha value is -1.42. The van der Waals surface area contributed by atoms with Gasteiger partial charge in [-0.05, 0) is 101 Å². The average Bonchev–Trinajstić information content (AvgIpc) is 3.74. The Balaban J connectivity index is 0.000000281. The fraction of sp³-hybridized carbons (Fsp3) is 0.419. The first-order valence-electron chi connectivity index (χ1n) is 13.1. The van der Waals surface area contributed by atoms with Crippen molar-refractivity contribution in [2.24, 2.45) is 11.8 Å². The molecule has 2 aliphatic carbocycles. The maximum absolute atomic E-state index is 12.3. The molecule has 0 bridgehead atoms. The molecule has 43 heavy (non-hydrogen) atoms. The Labute approximate surface area is 294 Å². The van der Waals surface area contributed by atoms with Crippen LogP contribution in [0.15, 0.2) is 35.8 Å². The number of amides is 2. The molecule has 228 valence electrons. The molecule has 2 aromatic carbocycles. The van der Waals surface area contributed by atoms with E-state index in [9.17, 15) is 19.8 Å². The predicted molar refractivity (Wildman–Crippen MR) is 169 cm³/mol. The summed E-state index contributed by atoms with van der Waals surface area (Å²) in [6, 6.07) is 6.66. The number of nitrogens with one attached hydrogen (secondary N) is 2. The molecular weight excluding hydrogens is 645 g/mol. The third-order valence-electron chi connectivity index (χ3n) is 8.45. The quantitative estimate of drug-likeness (QED) is 0.330. The zero-order chi connectivity index (χ0) is 29.3. The number of carbonyl (C=O) groups is 2. The zero-order valence-electron chi connectivity index (χ0n) is 24.0. The summed E-state index contributed by atoms with van der Waals surface area (Å²) in [7, 11) is 0. The van der Waals surface area contributed by atoms with Crippen molar-refractivity contribution < 1.29 is 54.8 Å². The summed E-state index contributed by atoms with van der Waals surface area (Å²) in [5.41, 5.74) is 1.91. The van der Waals surface area contributed by atoms with E-state index in [1.807, 2.05) is 27.7 Å². The summed E-state index contributed by atoms with van der Waals surface area (Å²) in [6.07, 6.45) is 4.06. The normalized spacial score (nSPS) is 24.3. The molecule has 2 fully saturated rings. The third kappa shape index (κ3) is 6.75. The van der Waals surface area contributed by atoms with E-state index in [2.05, 4.69) is 10.6 Å². The van der Waals surface area contributed by atoms with Crippen LogP contribution in [0, 0.1) is 25.7 Å². The number of aliphatic hydroxyl groups excluding tert-OH is 2. The standard InChI is InChI=1S/2C15H15Cl2NO2.CH4.Na.H2O/c2*1-7-5-9(16)6-10(17)11(7)12-13(19)15(2,8-3-4-8)18-14(12)20;;;/h2*5-6,8,19H,3-4H2,1-2H3,(H,18,20);1H4;;1H2/q;;;+1;/p-1. The minimum Gasteiger partial charge on any atom is -0.870 e. The van der Waals surface area contributed by atoms with Crippen LogP contribution in [-0.4, -0.2) is 38.6 Å². The van der Waals surface area contributed by atoms with E-state index in [4.69, 9.17) is 46.4 Å². The molecule has 2 atom stereocenters. The van der Waals surface area contributed by atoms with Gasteiger partial charge in [0.15, 0.2) is 0 Å². The van der Waals surface area contributed by atoms with Crippen LogP contribution in [0.5, 0.6) is 0 Å². The number of halogens is 4. The predicted octanol–water partition coefficient (Wildman–Crippen LogP) is 5.20. The SMILES string of the molecule is C.Cc1cc(Cl)cc(Cl)c1C1=C(O)C(C)(C2CC2)NC1=O.Cc1cc(Cl)cc(Cl)c1C1=C(O)C(C)(C2CC2)NC1=O.[Na+].[OH-]. The fourth-order valence-electron chi connectivity index (χ4n) is 5.86. The second-order valence-electron chi connectivity index (χ2n) is 11.5. The van der Waals surface area contributed by atoms with Gasteiger partial charge >= 0.3 is 29.6 Å². The molecule has 2 saturated carbocycles. The molecule has 0 radical (unpaired) electrons. The number of aryl methyl sites for hydroxylation is 2. The van der Waals surface area contributed by atoms with Gasteiger partial charge in [-0.1, -0.05) is 53.8 Å². The Morgan fingerprint density at radius 1 is 0.698 bits per heavy atom. The van der Waals surface area contributed by atoms with Crippen LogP contribution in [0.2, 0.25) is 20.1 Å². The molecular formula is C31H35Cl4N2NaO5. The second kappa shape index (κ2) is 13.5. The van der Waals surface area contributed by atoms with E-state index in [0.29, 0.717) is 43.1 Å². The Morgan fingerprint density at radius 3 is 1.26 bits per heavy atom. The van der Waals surface area contributed by atoms with Gasteiger partial charge in [0.2, 0.25) is 0 Å². The summed E-state index contributed by atoms with van der Waals surface area (Å²) in [5.74, 6) is 0.244. The van der Waals surface area contributed by atoms with Gasteiger partial charge in [-0.25, -0.2) is 0 Å². The van der Waals surface area contributed by atoms with Gasteiger partial charge in [0, 0.05) is 21.2 Å². The number of benzene rings is 2. The molecule has 2 aromatic rings. The topological polar surface area (TPSA) is 129 Å². The fourth-order valence-corrected chi connectivity index (χ4v) is 7.24. The number of hydrogen-bond donors (Lipinski definition) is 4. The van der Waals surface area contributed by atoms with Gasteiger partial charge in [0.1, 0.15) is 11.5 Å². The van der Waals surface area contributed by atoms with E-state index >= 15 is 0 Å². The molecule has 12 heteroatoms. The molecule has 2 aliphatic heterocycles. The van der Waals surface area contributed by atoms with Gasteiger partial charge in [-0.3, -0.25) is 9.59 Å². The van der Waals surface area contributed by atoms with Crippen molar-refractivity contribution in [3.63, 3.8) is 0 Å². The largest absolute Gasteiger partial charge is 1.00 e. The molecule has 0 saturated heterocycles. The Kier molecular flexibility index (Phi) is 11.9. The number of aliphatic hydroxyl groups is 2. The van der Waals surface area contributed by atoms with Crippen molar-refractivity contribution in [3.05, 3.63) is 78.1 Å². The molecule has 5 N–H and O–H groups in total. The van der Waals surface area contributed by atoms with Crippen molar-refractivity contribution >= 4 is 69.4 Å². The van der Waals surface area contributed by atoms with Crippen LogP contribution in [0.1, 0.15) is 69.2 Å².